The SMILES string of the molecule is CCN(CC(C)C#N)c1ncnc(NN)c1[N+](=O)[O-]. The molecule has 9 nitrogen and oxygen atoms in total. The summed E-state index contributed by atoms with van der Waals surface area (Å²) in [6, 6.07) is 2.08. The monoisotopic (exact) mass is 265 g/mol. The van der Waals surface area contributed by atoms with Gasteiger partial charge in [0.2, 0.25) is 11.6 Å². The lowest BCUT2D eigenvalue weighted by atomic mass is 10.2. The van der Waals surface area contributed by atoms with Crippen molar-refractivity contribution in [2.24, 2.45) is 11.8 Å². The molecule has 3 N–H and O–H groups in total. The smallest absolute Gasteiger partial charge is 0.350 e. The molecule has 0 fully saturated rings. The predicted molar refractivity (Wildman–Crippen MR) is 69.2 cm³/mol. The molecule has 1 aromatic heterocycles. The first kappa shape index (κ1) is 14.6. The van der Waals surface area contributed by atoms with Gasteiger partial charge in [-0.1, -0.05) is 0 Å². The van der Waals surface area contributed by atoms with Crippen LogP contribution in [0.1, 0.15) is 13.8 Å². The summed E-state index contributed by atoms with van der Waals surface area (Å²) in [7, 11) is 0. The molecule has 0 aliphatic rings. The quantitative estimate of drug-likeness (QED) is 0.435. The van der Waals surface area contributed by atoms with Gasteiger partial charge in [-0.2, -0.15) is 5.26 Å². The van der Waals surface area contributed by atoms with E-state index >= 15 is 0 Å². The van der Waals surface area contributed by atoms with E-state index in [1.54, 1.807) is 11.8 Å². The Morgan fingerprint density at radius 1 is 1.68 bits per heavy atom. The molecule has 9 heteroatoms. The van der Waals surface area contributed by atoms with E-state index in [4.69, 9.17) is 11.1 Å². The minimum Gasteiger partial charge on any atom is -0.350 e. The Balaban J connectivity index is 3.24. The molecule has 0 spiro atoms. The fourth-order valence-electron chi connectivity index (χ4n) is 1.61. The Hall–Kier alpha value is -2.47. The van der Waals surface area contributed by atoms with Crippen LogP contribution in [-0.2, 0) is 0 Å². The molecule has 0 aliphatic heterocycles. The largest absolute Gasteiger partial charge is 0.354 e. The molecule has 0 radical (unpaired) electrons. The van der Waals surface area contributed by atoms with Crippen LogP contribution in [0.3, 0.4) is 0 Å². The number of nitrogen functional groups attached to an aromatic ring is 1. The van der Waals surface area contributed by atoms with Crippen molar-refractivity contribution in [2.45, 2.75) is 13.8 Å². The zero-order valence-corrected chi connectivity index (χ0v) is 10.7. The average molecular weight is 265 g/mol. The molecule has 0 aromatic carbocycles. The number of nitrogens with two attached hydrogens (primary N) is 1. The summed E-state index contributed by atoms with van der Waals surface area (Å²) in [5, 5.41) is 19.9. The van der Waals surface area contributed by atoms with Crippen LogP contribution in [0.15, 0.2) is 6.33 Å². The van der Waals surface area contributed by atoms with E-state index < -0.39 is 4.92 Å². The second-order valence-corrected chi connectivity index (χ2v) is 3.86. The minimum absolute atomic E-state index is 0.0574. The Kier molecular flexibility index (Phi) is 4.96. The van der Waals surface area contributed by atoms with Gasteiger partial charge in [0, 0.05) is 13.1 Å². The van der Waals surface area contributed by atoms with Gasteiger partial charge in [-0.3, -0.25) is 10.1 Å². The molecule has 0 amide bonds. The van der Waals surface area contributed by atoms with Crippen molar-refractivity contribution < 1.29 is 4.92 Å². The van der Waals surface area contributed by atoms with Gasteiger partial charge in [-0.15, -0.1) is 0 Å². The summed E-state index contributed by atoms with van der Waals surface area (Å²) in [6.45, 7) is 4.38. The van der Waals surface area contributed by atoms with Gasteiger partial charge in [0.05, 0.1) is 16.9 Å². The summed E-state index contributed by atoms with van der Waals surface area (Å²) < 4.78 is 0. The predicted octanol–water partition coefficient (Wildman–Crippen LogP) is 0.656. The number of hydrogen-bond acceptors (Lipinski definition) is 8. The summed E-state index contributed by atoms with van der Waals surface area (Å²) >= 11 is 0. The van der Waals surface area contributed by atoms with Crippen molar-refractivity contribution in [1.29, 1.82) is 5.26 Å². The van der Waals surface area contributed by atoms with Gasteiger partial charge in [-0.25, -0.2) is 15.8 Å². The summed E-state index contributed by atoms with van der Waals surface area (Å²) in [5.74, 6) is 5.03. The van der Waals surface area contributed by atoms with E-state index in [0.29, 0.717) is 13.1 Å². The van der Waals surface area contributed by atoms with Gasteiger partial charge in [0.1, 0.15) is 6.33 Å². The van der Waals surface area contributed by atoms with Gasteiger partial charge < -0.3 is 10.3 Å². The summed E-state index contributed by atoms with van der Waals surface area (Å²) in [6.07, 6.45) is 1.19. The third-order valence-corrected chi connectivity index (χ3v) is 2.52. The van der Waals surface area contributed by atoms with Crippen LogP contribution in [0, 0.1) is 27.4 Å². The van der Waals surface area contributed by atoms with Gasteiger partial charge >= 0.3 is 5.69 Å². The van der Waals surface area contributed by atoms with E-state index in [1.807, 2.05) is 6.92 Å². The van der Waals surface area contributed by atoms with E-state index in [2.05, 4.69) is 21.5 Å². The fourth-order valence-corrected chi connectivity index (χ4v) is 1.61. The molecule has 0 saturated heterocycles. The van der Waals surface area contributed by atoms with Crippen LogP contribution in [0.25, 0.3) is 0 Å². The standard InChI is InChI=1S/C10H15N7O2/c1-3-16(5-7(2)4-11)10-8(17(18)19)9(15-12)13-6-14-10/h6-7H,3,5,12H2,1-2H3,(H,13,14,15). The Bertz CT molecular complexity index is 499. The highest BCUT2D eigenvalue weighted by Crippen LogP contribution is 2.31. The maximum Gasteiger partial charge on any atom is 0.354 e. The van der Waals surface area contributed by atoms with E-state index in [1.165, 1.54) is 6.33 Å². The normalized spacial score (nSPS) is 11.5. The Morgan fingerprint density at radius 2 is 2.37 bits per heavy atom. The van der Waals surface area contributed by atoms with Crippen LogP contribution < -0.4 is 16.2 Å². The van der Waals surface area contributed by atoms with Crippen molar-refractivity contribution in [3.63, 3.8) is 0 Å². The highest BCUT2D eigenvalue weighted by atomic mass is 16.6. The number of nitrogens with one attached hydrogen (secondary N) is 1. The van der Waals surface area contributed by atoms with Crippen molar-refractivity contribution in [1.82, 2.24) is 9.97 Å². The fraction of sp³-hybridized carbons (Fsp3) is 0.500. The first-order valence-electron chi connectivity index (χ1n) is 5.65. The number of anilines is 2. The van der Waals surface area contributed by atoms with Crippen LogP contribution in [0.2, 0.25) is 0 Å². The van der Waals surface area contributed by atoms with Crippen molar-refractivity contribution in [3.8, 4) is 6.07 Å². The van der Waals surface area contributed by atoms with E-state index in [0.717, 1.165) is 0 Å². The highest BCUT2D eigenvalue weighted by Gasteiger charge is 2.26. The van der Waals surface area contributed by atoms with Gasteiger partial charge in [-0.05, 0) is 13.8 Å². The van der Waals surface area contributed by atoms with Crippen molar-refractivity contribution >= 4 is 17.3 Å². The third kappa shape index (κ3) is 3.26. The topological polar surface area (TPSA) is 134 Å². The zero-order valence-electron chi connectivity index (χ0n) is 10.7. The molecule has 1 atom stereocenters. The molecule has 1 rings (SSSR count). The maximum absolute atomic E-state index is 11.1. The summed E-state index contributed by atoms with van der Waals surface area (Å²) in [5.41, 5.74) is 1.88. The Labute approximate surface area is 110 Å². The van der Waals surface area contributed by atoms with Crippen molar-refractivity contribution in [3.05, 3.63) is 16.4 Å². The lowest BCUT2D eigenvalue weighted by molar-refractivity contribution is -0.383. The van der Waals surface area contributed by atoms with Crippen molar-refractivity contribution in [2.75, 3.05) is 23.4 Å². The number of rotatable bonds is 6. The van der Waals surface area contributed by atoms with Gasteiger partial charge in [0.15, 0.2) is 0 Å². The molecule has 1 unspecified atom stereocenters. The minimum atomic E-state index is -0.593. The number of hydrogen-bond donors (Lipinski definition) is 2. The van der Waals surface area contributed by atoms with E-state index in [-0.39, 0.29) is 23.2 Å². The molecule has 19 heavy (non-hydrogen) atoms. The molecule has 0 bridgehead atoms. The van der Waals surface area contributed by atoms with Crippen LogP contribution >= 0.6 is 0 Å². The molecule has 0 saturated carbocycles. The molecular weight excluding hydrogens is 250 g/mol. The number of aromatic nitrogens is 2. The zero-order chi connectivity index (χ0) is 14.4. The van der Waals surface area contributed by atoms with E-state index in [9.17, 15) is 10.1 Å². The number of nitriles is 1. The second kappa shape index (κ2) is 6.46. The second-order valence-electron chi connectivity index (χ2n) is 3.86. The lowest BCUT2D eigenvalue weighted by Gasteiger charge is -2.22. The highest BCUT2D eigenvalue weighted by molar-refractivity contribution is 5.69. The van der Waals surface area contributed by atoms with Gasteiger partial charge in [0.25, 0.3) is 0 Å². The van der Waals surface area contributed by atoms with Crippen LogP contribution in [0.5, 0.6) is 0 Å². The molecule has 0 aliphatic carbocycles. The Morgan fingerprint density at radius 3 is 2.84 bits per heavy atom. The number of nitro groups is 1. The third-order valence-electron chi connectivity index (χ3n) is 2.52. The molecular formula is C10H15N7O2. The lowest BCUT2D eigenvalue weighted by Crippen LogP contribution is -2.29. The first-order chi connectivity index (χ1) is 9.04. The maximum atomic E-state index is 11.1. The first-order valence-corrected chi connectivity index (χ1v) is 5.65. The molecule has 102 valence electrons. The van der Waals surface area contributed by atoms with Crippen LogP contribution in [-0.4, -0.2) is 28.0 Å². The van der Waals surface area contributed by atoms with Crippen LogP contribution in [0.4, 0.5) is 17.3 Å². The molecule has 1 heterocycles. The summed E-state index contributed by atoms with van der Waals surface area (Å²) in [4.78, 5) is 19.8. The number of hydrazine groups is 1. The molecule has 1 aromatic rings. The number of nitrogens with zero attached hydrogens (tertiary/aromatic N) is 5. The average Bonchev–Trinajstić information content (AvgIpc) is 2.43.